The molecule has 0 aromatic heterocycles. The van der Waals surface area contributed by atoms with Crippen LogP contribution in [0.3, 0.4) is 0 Å². The molecule has 7 nitrogen and oxygen atoms in total. The third kappa shape index (κ3) is 8.17. The van der Waals surface area contributed by atoms with Crippen molar-refractivity contribution in [1.82, 2.24) is 0 Å². The van der Waals surface area contributed by atoms with Crippen molar-refractivity contribution in [2.24, 2.45) is 35.5 Å². The Hall–Kier alpha value is -1.63. The molecule has 0 amide bonds. The van der Waals surface area contributed by atoms with Crippen LogP contribution in [0.25, 0.3) is 0 Å². The van der Waals surface area contributed by atoms with Gasteiger partial charge in [0.05, 0.1) is 31.0 Å². The standard InChI is InChI=1S/C8H14O2.C7H12O3.C6H10O2/c1-3-6-5-7(6)8(9)10-4-2;1-2-10-7(9)6-3-5(6)4-8;1-2-4-3-5(4)6(7)8/h6-7H,3-5H2,1-2H3;5-6,8H,2-4H2,1H3;4-5H,2-3H2,1H3,(H,7,8). The van der Waals surface area contributed by atoms with Crippen LogP contribution in [0.15, 0.2) is 0 Å². The summed E-state index contributed by atoms with van der Waals surface area (Å²) in [5.74, 6) is 0.772. The molecule has 0 bridgehead atoms. The van der Waals surface area contributed by atoms with E-state index in [9.17, 15) is 14.4 Å². The number of hydrogen-bond acceptors (Lipinski definition) is 6. The van der Waals surface area contributed by atoms with E-state index in [1.807, 2.05) is 13.8 Å². The zero-order valence-corrected chi connectivity index (χ0v) is 17.6. The van der Waals surface area contributed by atoms with Crippen molar-refractivity contribution < 1.29 is 34.1 Å². The summed E-state index contributed by atoms with van der Waals surface area (Å²) in [7, 11) is 0. The number of carbonyl (C=O) groups excluding carboxylic acids is 2. The van der Waals surface area contributed by atoms with Crippen molar-refractivity contribution in [2.75, 3.05) is 19.8 Å². The molecule has 0 saturated heterocycles. The third-order valence-electron chi connectivity index (χ3n) is 5.55. The number of carboxylic acid groups (broad SMARTS) is 1. The highest BCUT2D eigenvalue weighted by atomic mass is 16.5. The Kier molecular flexibility index (Phi) is 10.5. The molecular weight excluding hydrogens is 364 g/mol. The lowest BCUT2D eigenvalue weighted by molar-refractivity contribution is -0.146. The van der Waals surface area contributed by atoms with Crippen molar-refractivity contribution in [3.05, 3.63) is 0 Å². The molecule has 0 radical (unpaired) electrons. The van der Waals surface area contributed by atoms with Crippen LogP contribution in [-0.4, -0.2) is 47.9 Å². The van der Waals surface area contributed by atoms with Crippen LogP contribution in [0.2, 0.25) is 0 Å². The first-order chi connectivity index (χ1) is 13.3. The van der Waals surface area contributed by atoms with Crippen LogP contribution in [0, 0.1) is 35.5 Å². The molecule has 162 valence electrons. The van der Waals surface area contributed by atoms with Gasteiger partial charge in [-0.3, -0.25) is 14.4 Å². The van der Waals surface area contributed by atoms with E-state index >= 15 is 0 Å². The molecule has 0 aliphatic heterocycles. The lowest BCUT2D eigenvalue weighted by Crippen LogP contribution is -2.08. The number of carboxylic acids is 1. The van der Waals surface area contributed by atoms with E-state index in [4.69, 9.17) is 19.7 Å². The molecule has 3 aliphatic rings. The van der Waals surface area contributed by atoms with Gasteiger partial charge in [-0.25, -0.2) is 0 Å². The minimum Gasteiger partial charge on any atom is -0.481 e. The van der Waals surface area contributed by atoms with Gasteiger partial charge in [-0.1, -0.05) is 26.7 Å². The summed E-state index contributed by atoms with van der Waals surface area (Å²) >= 11 is 0. The van der Waals surface area contributed by atoms with Crippen LogP contribution in [-0.2, 0) is 23.9 Å². The fraction of sp³-hybridized carbons (Fsp3) is 0.857. The summed E-state index contributed by atoms with van der Waals surface area (Å²) in [6.45, 7) is 8.86. The molecule has 7 heteroatoms. The summed E-state index contributed by atoms with van der Waals surface area (Å²) < 4.78 is 9.61. The monoisotopic (exact) mass is 400 g/mol. The molecule has 0 heterocycles. The van der Waals surface area contributed by atoms with E-state index in [2.05, 4.69) is 6.92 Å². The molecule has 0 aromatic rings. The van der Waals surface area contributed by atoms with Crippen LogP contribution in [0.5, 0.6) is 0 Å². The molecule has 28 heavy (non-hydrogen) atoms. The van der Waals surface area contributed by atoms with E-state index in [0.29, 0.717) is 25.0 Å². The Balaban J connectivity index is 0.000000212. The first-order valence-corrected chi connectivity index (χ1v) is 10.5. The maximum atomic E-state index is 11.0. The lowest BCUT2D eigenvalue weighted by atomic mass is 10.2. The number of aliphatic hydroxyl groups excluding tert-OH is 1. The first-order valence-electron chi connectivity index (χ1n) is 10.5. The molecule has 3 saturated carbocycles. The Labute approximate surface area is 167 Å². The molecule has 0 aromatic carbocycles. The number of aliphatic carboxylic acids is 1. The zero-order valence-electron chi connectivity index (χ0n) is 17.6. The number of ether oxygens (including phenoxy) is 2. The predicted molar refractivity (Wildman–Crippen MR) is 103 cm³/mol. The Morgan fingerprint density at radius 1 is 0.750 bits per heavy atom. The van der Waals surface area contributed by atoms with Crippen molar-refractivity contribution in [3.8, 4) is 0 Å². The summed E-state index contributed by atoms with van der Waals surface area (Å²) in [5, 5.41) is 16.9. The minimum absolute atomic E-state index is 0.000000000000000222. The Morgan fingerprint density at radius 2 is 1.14 bits per heavy atom. The summed E-state index contributed by atoms with van der Waals surface area (Å²) in [6, 6.07) is 0. The molecule has 3 fully saturated rings. The molecular formula is C21H36O7. The number of rotatable bonds is 8. The van der Waals surface area contributed by atoms with Gasteiger partial charge in [-0.15, -0.1) is 0 Å². The van der Waals surface area contributed by atoms with Crippen LogP contribution in [0.1, 0.15) is 59.8 Å². The Morgan fingerprint density at radius 3 is 1.39 bits per heavy atom. The number of carbonyl (C=O) groups is 3. The van der Waals surface area contributed by atoms with E-state index in [0.717, 1.165) is 32.1 Å². The summed E-state index contributed by atoms with van der Waals surface area (Å²) in [4.78, 5) is 31.9. The van der Waals surface area contributed by atoms with Crippen molar-refractivity contribution in [1.29, 1.82) is 0 Å². The van der Waals surface area contributed by atoms with E-state index in [1.54, 1.807) is 6.92 Å². The predicted octanol–water partition coefficient (Wildman–Crippen LogP) is 2.89. The highest BCUT2D eigenvalue weighted by molar-refractivity contribution is 5.76. The molecule has 2 N–H and O–H groups in total. The average molecular weight is 401 g/mol. The average Bonchev–Trinajstić information content (AvgIpc) is 3.57. The fourth-order valence-electron chi connectivity index (χ4n) is 3.23. The highest BCUT2D eigenvalue weighted by Crippen LogP contribution is 2.42. The first kappa shape index (κ1) is 24.4. The van der Waals surface area contributed by atoms with Gasteiger partial charge >= 0.3 is 17.9 Å². The third-order valence-corrected chi connectivity index (χ3v) is 5.55. The van der Waals surface area contributed by atoms with Crippen molar-refractivity contribution >= 4 is 17.9 Å². The van der Waals surface area contributed by atoms with Gasteiger partial charge in [0.2, 0.25) is 0 Å². The largest absolute Gasteiger partial charge is 0.481 e. The maximum absolute atomic E-state index is 11.0. The molecule has 3 aliphatic carbocycles. The molecule has 0 spiro atoms. The van der Waals surface area contributed by atoms with E-state index in [1.165, 1.54) is 0 Å². The van der Waals surface area contributed by atoms with Gasteiger partial charge in [0, 0.05) is 6.61 Å². The van der Waals surface area contributed by atoms with Gasteiger partial charge in [0.15, 0.2) is 0 Å². The summed E-state index contributed by atoms with van der Waals surface area (Å²) in [5.41, 5.74) is 0. The van der Waals surface area contributed by atoms with Crippen LogP contribution in [0.4, 0.5) is 0 Å². The molecule has 6 unspecified atom stereocenters. The number of hydrogen-bond donors (Lipinski definition) is 2. The zero-order chi connectivity index (χ0) is 21.3. The van der Waals surface area contributed by atoms with Crippen molar-refractivity contribution in [2.45, 2.75) is 59.8 Å². The summed E-state index contributed by atoms with van der Waals surface area (Å²) in [6.07, 6.45) is 4.90. The quantitative estimate of drug-likeness (QED) is 0.603. The van der Waals surface area contributed by atoms with Crippen LogP contribution < -0.4 is 0 Å². The minimum atomic E-state index is -0.614. The maximum Gasteiger partial charge on any atom is 0.309 e. The van der Waals surface area contributed by atoms with Gasteiger partial charge < -0.3 is 19.7 Å². The van der Waals surface area contributed by atoms with Gasteiger partial charge in [-0.05, 0) is 50.9 Å². The SMILES string of the molecule is CCC1CC1C(=O)O.CCOC(=O)C1CC1CC.CCOC(=O)C1CC1CO. The normalized spacial score (nSPS) is 31.2. The topological polar surface area (TPSA) is 110 Å². The van der Waals surface area contributed by atoms with Gasteiger partial charge in [-0.2, -0.15) is 0 Å². The fourth-order valence-corrected chi connectivity index (χ4v) is 3.23. The Bertz CT molecular complexity index is 487. The second kappa shape index (κ2) is 12.0. The smallest absolute Gasteiger partial charge is 0.309 e. The van der Waals surface area contributed by atoms with Crippen molar-refractivity contribution in [3.63, 3.8) is 0 Å². The second-order valence-corrected chi connectivity index (χ2v) is 7.65. The van der Waals surface area contributed by atoms with E-state index in [-0.39, 0.29) is 42.2 Å². The van der Waals surface area contributed by atoms with E-state index < -0.39 is 5.97 Å². The van der Waals surface area contributed by atoms with Gasteiger partial charge in [0.1, 0.15) is 0 Å². The van der Waals surface area contributed by atoms with Gasteiger partial charge in [0.25, 0.3) is 0 Å². The highest BCUT2D eigenvalue weighted by Gasteiger charge is 2.43. The number of aliphatic hydroxyl groups is 1. The molecule has 3 rings (SSSR count). The van der Waals surface area contributed by atoms with Crippen LogP contribution >= 0.6 is 0 Å². The molecule has 6 atom stereocenters. The number of esters is 2. The second-order valence-electron chi connectivity index (χ2n) is 7.65. The lowest BCUT2D eigenvalue weighted by Gasteiger charge is -1.97.